The van der Waals surface area contributed by atoms with E-state index in [1.807, 2.05) is 48.0 Å². The lowest BCUT2D eigenvalue weighted by Gasteiger charge is -2.07. The van der Waals surface area contributed by atoms with Crippen LogP contribution in [0.15, 0.2) is 67.4 Å². The third kappa shape index (κ3) is 3.70. The van der Waals surface area contributed by atoms with Crippen LogP contribution in [0.1, 0.15) is 5.56 Å². The van der Waals surface area contributed by atoms with Gasteiger partial charge in [-0.1, -0.05) is 27.7 Å². The average molecular weight is 458 g/mol. The summed E-state index contributed by atoms with van der Waals surface area (Å²) in [6, 6.07) is 14.9. The molecule has 0 amide bonds. The fraction of sp³-hybridized carbons (Fsp3) is 0.150. The summed E-state index contributed by atoms with van der Waals surface area (Å²) in [5, 5.41) is 10.3. The largest absolute Gasteiger partial charge is 0.497 e. The van der Waals surface area contributed by atoms with Gasteiger partial charge < -0.3 is 13.7 Å². The zero-order valence-electron chi connectivity index (χ0n) is 15.2. The summed E-state index contributed by atoms with van der Waals surface area (Å²) in [4.78, 5) is 11.9. The molecule has 0 saturated heterocycles. The number of hydrogen-bond acceptors (Lipinski definition) is 6. The summed E-state index contributed by atoms with van der Waals surface area (Å²) in [5.41, 5.74) is 2.06. The first kappa shape index (κ1) is 18.8. The maximum atomic E-state index is 11.9. The Hall–Kier alpha value is -2.58. The van der Waals surface area contributed by atoms with Crippen molar-refractivity contribution in [1.82, 2.24) is 14.8 Å². The third-order valence-corrected chi connectivity index (χ3v) is 5.89. The second-order valence-electron chi connectivity index (χ2n) is 6.11. The topological polar surface area (TPSA) is 70.2 Å². The van der Waals surface area contributed by atoms with Gasteiger partial charge in [0.1, 0.15) is 11.3 Å². The molecule has 2 heterocycles. The summed E-state index contributed by atoms with van der Waals surface area (Å²) in [6.45, 7) is 0. The highest BCUT2D eigenvalue weighted by molar-refractivity contribution is 9.10. The molecule has 142 valence electrons. The maximum absolute atomic E-state index is 11.9. The van der Waals surface area contributed by atoms with Crippen LogP contribution in [-0.2, 0) is 12.8 Å². The second kappa shape index (κ2) is 7.81. The summed E-state index contributed by atoms with van der Waals surface area (Å²) in [7, 11) is 3.56. The van der Waals surface area contributed by atoms with Crippen LogP contribution in [0.3, 0.4) is 0 Å². The first-order valence-corrected chi connectivity index (χ1v) is 10.2. The number of halogens is 1. The maximum Gasteiger partial charge on any atom is 0.336 e. The summed E-state index contributed by atoms with van der Waals surface area (Å²) in [5.74, 6) is 2.15. The normalized spacial score (nSPS) is 11.1. The van der Waals surface area contributed by atoms with Crippen molar-refractivity contribution in [3.63, 3.8) is 0 Å². The number of methoxy groups -OCH3 is 1. The number of nitrogens with zero attached hydrogens (tertiary/aromatic N) is 3. The second-order valence-corrected chi connectivity index (χ2v) is 7.97. The Morgan fingerprint density at radius 1 is 1.14 bits per heavy atom. The molecule has 8 heteroatoms. The van der Waals surface area contributed by atoms with Gasteiger partial charge in [0.05, 0.1) is 7.11 Å². The van der Waals surface area contributed by atoms with Crippen molar-refractivity contribution in [3.8, 4) is 17.1 Å². The molecule has 0 fully saturated rings. The minimum atomic E-state index is -0.363. The van der Waals surface area contributed by atoms with Crippen molar-refractivity contribution in [3.05, 3.63) is 69.0 Å². The Labute approximate surface area is 173 Å². The molecule has 0 aliphatic rings. The highest BCUT2D eigenvalue weighted by Gasteiger charge is 2.13. The third-order valence-electron chi connectivity index (χ3n) is 4.33. The summed E-state index contributed by atoms with van der Waals surface area (Å²) >= 11 is 4.93. The minimum Gasteiger partial charge on any atom is -0.497 e. The van der Waals surface area contributed by atoms with Gasteiger partial charge in [0, 0.05) is 34.3 Å². The molecule has 0 N–H and O–H groups in total. The zero-order valence-corrected chi connectivity index (χ0v) is 17.6. The molecule has 0 radical (unpaired) electrons. The summed E-state index contributed by atoms with van der Waals surface area (Å²) < 4.78 is 13.3. The van der Waals surface area contributed by atoms with Crippen molar-refractivity contribution in [2.24, 2.45) is 7.05 Å². The average Bonchev–Trinajstić information content (AvgIpc) is 3.06. The fourth-order valence-corrected chi connectivity index (χ4v) is 4.14. The van der Waals surface area contributed by atoms with Gasteiger partial charge in [-0.2, -0.15) is 0 Å². The number of hydrogen-bond donors (Lipinski definition) is 0. The Kier molecular flexibility index (Phi) is 5.23. The van der Waals surface area contributed by atoms with Crippen LogP contribution in [-0.4, -0.2) is 21.9 Å². The van der Waals surface area contributed by atoms with E-state index in [0.717, 1.165) is 37.7 Å². The Morgan fingerprint density at radius 3 is 2.68 bits per heavy atom. The van der Waals surface area contributed by atoms with Crippen molar-refractivity contribution >= 4 is 38.7 Å². The van der Waals surface area contributed by atoms with Crippen molar-refractivity contribution in [2.45, 2.75) is 10.9 Å². The van der Waals surface area contributed by atoms with E-state index in [0.29, 0.717) is 11.3 Å². The first-order chi connectivity index (χ1) is 13.5. The lowest BCUT2D eigenvalue weighted by molar-refractivity contribution is 0.415. The van der Waals surface area contributed by atoms with Crippen LogP contribution in [0.2, 0.25) is 0 Å². The molecule has 0 aliphatic carbocycles. The zero-order chi connectivity index (χ0) is 19.7. The number of ether oxygens (including phenoxy) is 1. The lowest BCUT2D eigenvalue weighted by Crippen LogP contribution is -2.00. The van der Waals surface area contributed by atoms with Gasteiger partial charge in [0.25, 0.3) is 0 Å². The fourth-order valence-electron chi connectivity index (χ4n) is 2.90. The van der Waals surface area contributed by atoms with Crippen LogP contribution in [0.4, 0.5) is 0 Å². The molecule has 2 aromatic carbocycles. The molecule has 0 bridgehead atoms. The van der Waals surface area contributed by atoms with E-state index in [1.54, 1.807) is 13.2 Å². The van der Waals surface area contributed by atoms with E-state index >= 15 is 0 Å². The van der Waals surface area contributed by atoms with E-state index in [1.165, 1.54) is 17.8 Å². The Morgan fingerprint density at radius 2 is 1.93 bits per heavy atom. The number of fused-ring (bicyclic) bond motifs is 1. The van der Waals surface area contributed by atoms with Crippen molar-refractivity contribution in [2.75, 3.05) is 7.11 Å². The standard InChI is InChI=1S/C20H16BrN3O3S/c1-24-19(12-3-6-15(26-2)7-4-12)22-23-20(24)28-11-13-9-18(25)27-17-10-14(21)5-8-16(13)17/h3-10H,11H2,1-2H3. The van der Waals surface area contributed by atoms with Gasteiger partial charge in [0.15, 0.2) is 11.0 Å². The SMILES string of the molecule is COc1ccc(-c2nnc(SCc3cc(=O)oc4cc(Br)ccc34)n2C)cc1. The number of benzene rings is 2. The predicted molar refractivity (Wildman–Crippen MR) is 113 cm³/mol. The molecule has 0 saturated carbocycles. The summed E-state index contributed by atoms with van der Waals surface area (Å²) in [6.07, 6.45) is 0. The van der Waals surface area contributed by atoms with Gasteiger partial charge in [-0.05, 0) is 48.0 Å². The molecule has 0 atom stereocenters. The molecule has 2 aromatic heterocycles. The minimum absolute atomic E-state index is 0.363. The number of thioether (sulfide) groups is 1. The molecular formula is C20H16BrN3O3S. The number of aromatic nitrogens is 3. The monoisotopic (exact) mass is 457 g/mol. The molecule has 4 rings (SSSR count). The van der Waals surface area contributed by atoms with E-state index in [-0.39, 0.29) is 5.63 Å². The molecule has 28 heavy (non-hydrogen) atoms. The number of rotatable bonds is 5. The Balaban J connectivity index is 1.60. The van der Waals surface area contributed by atoms with E-state index in [9.17, 15) is 4.79 Å². The molecule has 6 nitrogen and oxygen atoms in total. The van der Waals surface area contributed by atoms with Crippen LogP contribution < -0.4 is 10.4 Å². The predicted octanol–water partition coefficient (Wildman–Crippen LogP) is 4.65. The van der Waals surface area contributed by atoms with E-state index in [2.05, 4.69) is 26.1 Å². The van der Waals surface area contributed by atoms with Crippen LogP contribution in [0.5, 0.6) is 5.75 Å². The highest BCUT2D eigenvalue weighted by atomic mass is 79.9. The van der Waals surface area contributed by atoms with Crippen LogP contribution >= 0.6 is 27.7 Å². The van der Waals surface area contributed by atoms with Gasteiger partial charge >= 0.3 is 5.63 Å². The molecular weight excluding hydrogens is 442 g/mol. The van der Waals surface area contributed by atoms with Gasteiger partial charge in [-0.3, -0.25) is 0 Å². The highest BCUT2D eigenvalue weighted by Crippen LogP contribution is 2.29. The Bertz CT molecular complexity index is 1200. The van der Waals surface area contributed by atoms with Crippen LogP contribution in [0.25, 0.3) is 22.4 Å². The van der Waals surface area contributed by atoms with Gasteiger partial charge in [-0.15, -0.1) is 10.2 Å². The molecule has 0 unspecified atom stereocenters. The van der Waals surface area contributed by atoms with Gasteiger partial charge in [0.2, 0.25) is 0 Å². The van der Waals surface area contributed by atoms with Crippen molar-refractivity contribution in [1.29, 1.82) is 0 Å². The van der Waals surface area contributed by atoms with Crippen molar-refractivity contribution < 1.29 is 9.15 Å². The van der Waals surface area contributed by atoms with Gasteiger partial charge in [-0.25, -0.2) is 4.79 Å². The molecule has 0 spiro atoms. The van der Waals surface area contributed by atoms with E-state index < -0.39 is 0 Å². The molecule has 4 aromatic rings. The first-order valence-electron chi connectivity index (χ1n) is 8.44. The lowest BCUT2D eigenvalue weighted by atomic mass is 10.1. The smallest absolute Gasteiger partial charge is 0.336 e. The van der Waals surface area contributed by atoms with Crippen LogP contribution in [0, 0.1) is 0 Å². The van der Waals surface area contributed by atoms with E-state index in [4.69, 9.17) is 9.15 Å². The molecule has 0 aliphatic heterocycles. The quantitative estimate of drug-likeness (QED) is 0.320.